The van der Waals surface area contributed by atoms with Crippen LogP contribution in [0.25, 0.3) is 22.2 Å². The number of carbonyl (C=O) groups excluding carboxylic acids is 1. The fraction of sp³-hybridized carbons (Fsp3) is 0.385. The number of carbonyl (C=O) groups is 1. The lowest BCUT2D eigenvalue weighted by atomic mass is 10.0. The number of ether oxygens (including phenoxy) is 1. The van der Waals surface area contributed by atoms with Crippen LogP contribution in [-0.2, 0) is 0 Å². The predicted molar refractivity (Wildman–Crippen MR) is 126 cm³/mol. The Morgan fingerprint density at radius 2 is 2.03 bits per heavy atom. The van der Waals surface area contributed by atoms with Crippen molar-refractivity contribution in [2.75, 3.05) is 26.7 Å². The summed E-state index contributed by atoms with van der Waals surface area (Å²) in [5.41, 5.74) is 3.17. The molecule has 1 N–H and O–H groups in total. The highest BCUT2D eigenvalue weighted by atomic mass is 16.5. The van der Waals surface area contributed by atoms with Crippen LogP contribution in [0.3, 0.4) is 0 Å². The van der Waals surface area contributed by atoms with E-state index in [9.17, 15) is 4.79 Å². The minimum atomic E-state index is -0.0468. The molecule has 1 amide bonds. The van der Waals surface area contributed by atoms with E-state index in [-0.39, 0.29) is 5.91 Å². The summed E-state index contributed by atoms with van der Waals surface area (Å²) >= 11 is 0. The number of hydrogen-bond donors (Lipinski definition) is 1. The summed E-state index contributed by atoms with van der Waals surface area (Å²) in [4.78, 5) is 20.4. The van der Waals surface area contributed by atoms with E-state index < -0.39 is 0 Å². The van der Waals surface area contributed by atoms with Crippen LogP contribution in [0.1, 0.15) is 43.0 Å². The van der Waals surface area contributed by atoms with Gasteiger partial charge in [-0.05, 0) is 57.0 Å². The van der Waals surface area contributed by atoms with E-state index in [0.29, 0.717) is 18.2 Å². The van der Waals surface area contributed by atoms with Gasteiger partial charge in [-0.2, -0.15) is 0 Å². The van der Waals surface area contributed by atoms with Crippen LogP contribution in [-0.4, -0.2) is 48.6 Å². The van der Waals surface area contributed by atoms with Gasteiger partial charge in [0.15, 0.2) is 0 Å². The van der Waals surface area contributed by atoms with Crippen LogP contribution >= 0.6 is 0 Å². The normalized spacial score (nSPS) is 16.9. The van der Waals surface area contributed by atoms with E-state index in [1.807, 2.05) is 54.6 Å². The number of nitrogens with one attached hydrogen (secondary N) is 1. The number of benzene rings is 2. The molecule has 5 nitrogen and oxygen atoms in total. The van der Waals surface area contributed by atoms with Crippen LogP contribution in [0.15, 0.2) is 54.6 Å². The second-order valence-corrected chi connectivity index (χ2v) is 8.29. The second-order valence-electron chi connectivity index (χ2n) is 8.29. The molecule has 1 fully saturated rings. The summed E-state index contributed by atoms with van der Waals surface area (Å²) < 4.78 is 5.35. The largest absolute Gasteiger partial charge is 0.497 e. The lowest BCUT2D eigenvalue weighted by Crippen LogP contribution is -2.39. The molecule has 1 aromatic heterocycles. The van der Waals surface area contributed by atoms with E-state index in [4.69, 9.17) is 9.72 Å². The maximum Gasteiger partial charge on any atom is 0.252 e. The predicted octanol–water partition coefficient (Wildman–Crippen LogP) is 4.90. The number of pyridine rings is 1. The molecule has 162 valence electrons. The molecular weight excluding hydrogens is 386 g/mol. The van der Waals surface area contributed by atoms with Crippen molar-refractivity contribution >= 4 is 16.8 Å². The van der Waals surface area contributed by atoms with Gasteiger partial charge in [-0.25, -0.2) is 4.98 Å². The molecule has 4 rings (SSSR count). The van der Waals surface area contributed by atoms with Gasteiger partial charge in [0, 0.05) is 30.1 Å². The number of aromatic nitrogens is 1. The van der Waals surface area contributed by atoms with Crippen LogP contribution in [0.4, 0.5) is 0 Å². The Kier molecular flexibility index (Phi) is 6.82. The fourth-order valence-electron chi connectivity index (χ4n) is 4.36. The lowest BCUT2D eigenvalue weighted by Gasteiger charge is -2.33. The van der Waals surface area contributed by atoms with Crippen molar-refractivity contribution in [1.29, 1.82) is 0 Å². The summed E-state index contributed by atoms with van der Waals surface area (Å²) in [6, 6.07) is 18.1. The molecule has 5 heteroatoms. The van der Waals surface area contributed by atoms with Crippen molar-refractivity contribution in [2.24, 2.45) is 0 Å². The zero-order valence-electron chi connectivity index (χ0n) is 18.4. The van der Waals surface area contributed by atoms with Crippen molar-refractivity contribution in [2.45, 2.75) is 38.6 Å². The standard InChI is InChI=1S/C26H31N3O2/c1-19-9-5-6-15-29(19)16-8-14-27-26(30)23-18-25(20-10-7-11-21(17-20)31-2)28-24-13-4-3-12-22(23)24/h3-4,7,10-13,17-19H,5-6,8-9,14-16H2,1-2H3,(H,27,30)/t19-/m1/s1. The number of rotatable bonds is 7. The number of nitrogens with zero attached hydrogens (tertiary/aromatic N) is 2. The highest BCUT2D eigenvalue weighted by Gasteiger charge is 2.18. The Bertz CT molecular complexity index is 1050. The van der Waals surface area contributed by atoms with Gasteiger partial charge in [0.1, 0.15) is 5.75 Å². The van der Waals surface area contributed by atoms with E-state index in [1.165, 1.54) is 25.8 Å². The van der Waals surface area contributed by atoms with Crippen molar-refractivity contribution in [3.8, 4) is 17.0 Å². The minimum Gasteiger partial charge on any atom is -0.497 e. The number of methoxy groups -OCH3 is 1. The van der Waals surface area contributed by atoms with Crippen molar-refractivity contribution in [1.82, 2.24) is 15.2 Å². The molecule has 0 unspecified atom stereocenters. The van der Waals surface area contributed by atoms with Gasteiger partial charge in [0.2, 0.25) is 0 Å². The molecule has 2 aromatic carbocycles. The zero-order valence-corrected chi connectivity index (χ0v) is 18.4. The summed E-state index contributed by atoms with van der Waals surface area (Å²) in [6.07, 6.45) is 4.86. The monoisotopic (exact) mass is 417 g/mol. The van der Waals surface area contributed by atoms with Crippen LogP contribution in [0.5, 0.6) is 5.75 Å². The summed E-state index contributed by atoms with van der Waals surface area (Å²) in [6.45, 7) is 5.19. The number of fused-ring (bicyclic) bond motifs is 1. The third kappa shape index (κ3) is 5.05. The Morgan fingerprint density at radius 1 is 1.16 bits per heavy atom. The average Bonchev–Trinajstić information content (AvgIpc) is 2.82. The SMILES string of the molecule is COc1cccc(-c2cc(C(=O)NCCCN3CCCC[C@H]3C)c3ccccc3n2)c1. The fourth-order valence-corrected chi connectivity index (χ4v) is 4.36. The Labute approximate surface area is 184 Å². The van der Waals surface area contributed by atoms with E-state index in [1.54, 1.807) is 7.11 Å². The number of piperidine rings is 1. The van der Waals surface area contributed by atoms with Gasteiger partial charge in [-0.3, -0.25) is 4.79 Å². The molecule has 1 atom stereocenters. The zero-order chi connectivity index (χ0) is 21.6. The van der Waals surface area contributed by atoms with E-state index in [0.717, 1.165) is 40.9 Å². The van der Waals surface area contributed by atoms with Crippen molar-refractivity contribution in [3.63, 3.8) is 0 Å². The Hall–Kier alpha value is -2.92. The molecule has 3 aromatic rings. The van der Waals surface area contributed by atoms with Crippen LogP contribution in [0, 0.1) is 0 Å². The molecule has 31 heavy (non-hydrogen) atoms. The molecule has 0 bridgehead atoms. The van der Waals surface area contributed by atoms with Crippen LogP contribution in [0.2, 0.25) is 0 Å². The Morgan fingerprint density at radius 3 is 2.87 bits per heavy atom. The first-order valence-electron chi connectivity index (χ1n) is 11.2. The summed E-state index contributed by atoms with van der Waals surface area (Å²) in [5, 5.41) is 4.00. The molecule has 0 radical (unpaired) electrons. The highest BCUT2D eigenvalue weighted by molar-refractivity contribution is 6.07. The molecule has 0 spiro atoms. The molecule has 1 saturated heterocycles. The van der Waals surface area contributed by atoms with Crippen molar-refractivity contribution in [3.05, 3.63) is 60.2 Å². The van der Waals surface area contributed by atoms with E-state index in [2.05, 4.69) is 17.1 Å². The molecule has 2 heterocycles. The lowest BCUT2D eigenvalue weighted by molar-refractivity contribution is 0.0950. The van der Waals surface area contributed by atoms with Gasteiger partial charge >= 0.3 is 0 Å². The van der Waals surface area contributed by atoms with Gasteiger partial charge in [0.25, 0.3) is 5.91 Å². The number of para-hydroxylation sites is 1. The molecule has 1 aliphatic rings. The minimum absolute atomic E-state index is 0.0468. The van der Waals surface area contributed by atoms with E-state index >= 15 is 0 Å². The first-order valence-corrected chi connectivity index (χ1v) is 11.2. The summed E-state index contributed by atoms with van der Waals surface area (Å²) in [5.74, 6) is 0.722. The smallest absolute Gasteiger partial charge is 0.252 e. The van der Waals surface area contributed by atoms with Gasteiger partial charge in [0.05, 0.1) is 23.9 Å². The topological polar surface area (TPSA) is 54.5 Å². The van der Waals surface area contributed by atoms with Gasteiger partial charge in [-0.1, -0.05) is 36.8 Å². The first kappa shape index (κ1) is 21.3. The third-order valence-corrected chi connectivity index (χ3v) is 6.17. The van der Waals surface area contributed by atoms with Crippen LogP contribution < -0.4 is 10.1 Å². The Balaban J connectivity index is 1.51. The number of amides is 1. The molecule has 1 aliphatic heterocycles. The molecule has 0 aliphatic carbocycles. The quantitative estimate of drug-likeness (QED) is 0.555. The maximum atomic E-state index is 13.1. The first-order chi connectivity index (χ1) is 15.2. The third-order valence-electron chi connectivity index (χ3n) is 6.17. The molecular formula is C26H31N3O2. The summed E-state index contributed by atoms with van der Waals surface area (Å²) in [7, 11) is 1.65. The molecule has 0 saturated carbocycles. The number of hydrogen-bond acceptors (Lipinski definition) is 4. The van der Waals surface area contributed by atoms with Gasteiger partial charge in [-0.15, -0.1) is 0 Å². The number of likely N-dealkylation sites (tertiary alicyclic amines) is 1. The average molecular weight is 418 g/mol. The van der Waals surface area contributed by atoms with Gasteiger partial charge < -0.3 is 15.0 Å². The highest BCUT2D eigenvalue weighted by Crippen LogP contribution is 2.27. The van der Waals surface area contributed by atoms with Crippen molar-refractivity contribution < 1.29 is 9.53 Å². The second kappa shape index (κ2) is 9.92. The maximum absolute atomic E-state index is 13.1.